The molecule has 2 aromatic heterocycles. The van der Waals surface area contributed by atoms with Gasteiger partial charge in [0, 0.05) is 48.5 Å². The summed E-state index contributed by atoms with van der Waals surface area (Å²) >= 11 is 1.31. The van der Waals surface area contributed by atoms with Crippen molar-refractivity contribution in [1.82, 2.24) is 14.5 Å². The number of aromatic nitrogens is 2. The molecule has 2 aromatic carbocycles. The largest absolute Gasteiger partial charge is 0.369 e. The zero-order valence-corrected chi connectivity index (χ0v) is 18.8. The molecule has 1 fully saturated rings. The maximum Gasteiger partial charge on any atom is 0.260 e. The summed E-state index contributed by atoms with van der Waals surface area (Å²) in [6.45, 7) is 7.93. The summed E-state index contributed by atoms with van der Waals surface area (Å²) in [5.41, 5.74) is 2.95. The summed E-state index contributed by atoms with van der Waals surface area (Å²) in [5, 5.41) is 1.14. The van der Waals surface area contributed by atoms with Gasteiger partial charge in [-0.15, -0.1) is 0 Å². The van der Waals surface area contributed by atoms with Gasteiger partial charge >= 0.3 is 0 Å². The molecule has 0 bridgehead atoms. The highest BCUT2D eigenvalue weighted by molar-refractivity contribution is 7.16. The van der Waals surface area contributed by atoms with Crippen molar-refractivity contribution in [1.29, 1.82) is 0 Å². The van der Waals surface area contributed by atoms with Gasteiger partial charge in [0.2, 0.25) is 0 Å². The maximum absolute atomic E-state index is 12.8. The fourth-order valence-corrected chi connectivity index (χ4v) is 5.35. The van der Waals surface area contributed by atoms with Crippen LogP contribution in [0.1, 0.15) is 25.6 Å². The van der Waals surface area contributed by atoms with Crippen molar-refractivity contribution in [3.63, 3.8) is 0 Å². The third-order valence-electron chi connectivity index (χ3n) is 6.18. The number of benzene rings is 2. The number of fused-ring (bicyclic) bond motifs is 3. The minimum atomic E-state index is 0.0686. The zero-order chi connectivity index (χ0) is 21.2. The number of hydrogen-bond donors (Lipinski definition) is 0. The number of imidazole rings is 1. The average molecular weight is 433 g/mol. The molecule has 6 heteroatoms. The number of hydrogen-bond acceptors (Lipinski definition) is 5. The second-order valence-electron chi connectivity index (χ2n) is 8.21. The number of rotatable bonds is 6. The Balaban J connectivity index is 1.45. The van der Waals surface area contributed by atoms with Crippen LogP contribution in [0.25, 0.3) is 21.1 Å². The third kappa shape index (κ3) is 3.98. The zero-order valence-electron chi connectivity index (χ0n) is 18.0. The number of unbranched alkanes of at least 4 members (excludes halogenated alkanes) is 1. The SMILES string of the molecule is CCCCn1c(CN2CCN(c3ccccc3)CC2)nc2c(=O)sc3ccccc3c21. The van der Waals surface area contributed by atoms with Crippen molar-refractivity contribution in [2.45, 2.75) is 32.9 Å². The number of anilines is 1. The van der Waals surface area contributed by atoms with Crippen LogP contribution in [-0.4, -0.2) is 40.6 Å². The Bertz CT molecular complexity index is 1240. The number of piperazine rings is 1. The van der Waals surface area contributed by atoms with Gasteiger partial charge in [0.1, 0.15) is 11.3 Å². The summed E-state index contributed by atoms with van der Waals surface area (Å²) in [6, 6.07) is 18.9. The first-order valence-corrected chi connectivity index (χ1v) is 12.0. The summed E-state index contributed by atoms with van der Waals surface area (Å²) < 4.78 is 3.43. The van der Waals surface area contributed by atoms with E-state index in [4.69, 9.17) is 4.98 Å². The molecule has 3 heterocycles. The fourth-order valence-electron chi connectivity index (χ4n) is 4.49. The van der Waals surface area contributed by atoms with E-state index in [0.29, 0.717) is 5.52 Å². The average Bonchev–Trinajstić information content (AvgIpc) is 3.17. The molecule has 0 saturated carbocycles. The van der Waals surface area contributed by atoms with Crippen LogP contribution in [0.5, 0.6) is 0 Å². The molecule has 1 aliphatic heterocycles. The van der Waals surface area contributed by atoms with Crippen molar-refractivity contribution in [3.05, 3.63) is 70.0 Å². The molecule has 0 radical (unpaired) electrons. The van der Waals surface area contributed by atoms with Gasteiger partial charge in [-0.1, -0.05) is 61.1 Å². The maximum atomic E-state index is 12.8. The second kappa shape index (κ2) is 8.81. The lowest BCUT2D eigenvalue weighted by atomic mass is 10.2. The van der Waals surface area contributed by atoms with Crippen LogP contribution >= 0.6 is 11.3 Å². The predicted molar refractivity (Wildman–Crippen MR) is 130 cm³/mol. The van der Waals surface area contributed by atoms with Gasteiger partial charge in [0.05, 0.1) is 12.1 Å². The first-order chi connectivity index (χ1) is 15.2. The first kappa shape index (κ1) is 20.2. The van der Waals surface area contributed by atoms with Crippen LogP contribution in [-0.2, 0) is 13.1 Å². The molecule has 0 N–H and O–H groups in total. The summed E-state index contributed by atoms with van der Waals surface area (Å²) in [4.78, 5) is 22.7. The van der Waals surface area contributed by atoms with Crippen molar-refractivity contribution in [2.75, 3.05) is 31.1 Å². The smallest absolute Gasteiger partial charge is 0.260 e. The lowest BCUT2D eigenvalue weighted by molar-refractivity contribution is 0.241. The van der Waals surface area contributed by atoms with E-state index < -0.39 is 0 Å². The van der Waals surface area contributed by atoms with Crippen molar-refractivity contribution in [2.24, 2.45) is 0 Å². The van der Waals surface area contributed by atoms with Crippen LogP contribution in [0.3, 0.4) is 0 Å². The highest BCUT2D eigenvalue weighted by Crippen LogP contribution is 2.27. The van der Waals surface area contributed by atoms with Gasteiger partial charge in [-0.2, -0.15) is 0 Å². The Morgan fingerprint density at radius 1 is 0.968 bits per heavy atom. The fraction of sp³-hybridized carbons (Fsp3) is 0.360. The van der Waals surface area contributed by atoms with Gasteiger partial charge in [-0.05, 0) is 24.6 Å². The van der Waals surface area contributed by atoms with Crippen LogP contribution in [0, 0.1) is 0 Å². The summed E-state index contributed by atoms with van der Waals surface area (Å²) in [5.74, 6) is 1.03. The second-order valence-corrected chi connectivity index (χ2v) is 9.23. The highest BCUT2D eigenvalue weighted by atomic mass is 32.1. The monoisotopic (exact) mass is 432 g/mol. The van der Waals surface area contributed by atoms with Crippen LogP contribution in [0.4, 0.5) is 5.69 Å². The highest BCUT2D eigenvalue weighted by Gasteiger charge is 2.22. The Morgan fingerprint density at radius 2 is 1.71 bits per heavy atom. The summed E-state index contributed by atoms with van der Waals surface area (Å²) in [7, 11) is 0. The van der Waals surface area contributed by atoms with E-state index in [9.17, 15) is 4.79 Å². The quantitative estimate of drug-likeness (QED) is 0.442. The van der Waals surface area contributed by atoms with E-state index in [1.807, 2.05) is 12.1 Å². The van der Waals surface area contributed by atoms with Crippen LogP contribution < -0.4 is 9.64 Å². The topological polar surface area (TPSA) is 41.4 Å². The number of nitrogens with zero attached hydrogens (tertiary/aromatic N) is 4. The third-order valence-corrected chi connectivity index (χ3v) is 7.13. The van der Waals surface area contributed by atoms with Gasteiger partial charge in [0.15, 0.2) is 0 Å². The molecule has 0 spiro atoms. The number of para-hydroxylation sites is 1. The van der Waals surface area contributed by atoms with E-state index >= 15 is 0 Å². The van der Waals surface area contributed by atoms with E-state index in [2.05, 4.69) is 63.8 Å². The van der Waals surface area contributed by atoms with Crippen LogP contribution in [0.15, 0.2) is 59.4 Å². The molecule has 0 amide bonds. The van der Waals surface area contributed by atoms with Gasteiger partial charge < -0.3 is 9.47 Å². The van der Waals surface area contributed by atoms with Crippen molar-refractivity contribution >= 4 is 38.1 Å². The Hall–Kier alpha value is -2.70. The standard InChI is InChI=1S/C25H28N4OS/c1-2-3-13-29-22(18-27-14-16-28(17-15-27)19-9-5-4-6-10-19)26-23-24(29)20-11-7-8-12-21(20)31-25(23)30/h4-12H,2-3,13-18H2,1H3. The molecular formula is C25H28N4OS. The van der Waals surface area contributed by atoms with E-state index in [0.717, 1.165) is 73.5 Å². The van der Waals surface area contributed by atoms with Crippen LogP contribution in [0.2, 0.25) is 0 Å². The number of aryl methyl sites for hydroxylation is 1. The van der Waals surface area contributed by atoms with Gasteiger partial charge in [-0.25, -0.2) is 4.98 Å². The molecule has 31 heavy (non-hydrogen) atoms. The Kier molecular flexibility index (Phi) is 5.74. The van der Waals surface area contributed by atoms with E-state index in [1.165, 1.54) is 17.0 Å². The molecule has 0 atom stereocenters. The summed E-state index contributed by atoms with van der Waals surface area (Å²) in [6.07, 6.45) is 2.20. The van der Waals surface area contributed by atoms with E-state index in [-0.39, 0.29) is 4.74 Å². The normalized spacial score (nSPS) is 15.2. The molecule has 5 rings (SSSR count). The lowest BCUT2D eigenvalue weighted by Gasteiger charge is -2.36. The molecule has 4 aromatic rings. The van der Waals surface area contributed by atoms with Crippen molar-refractivity contribution in [3.8, 4) is 0 Å². The minimum Gasteiger partial charge on any atom is -0.369 e. The molecular weight excluding hydrogens is 404 g/mol. The molecule has 1 aliphatic rings. The molecule has 160 valence electrons. The van der Waals surface area contributed by atoms with Crippen molar-refractivity contribution < 1.29 is 0 Å². The Labute approximate surface area is 186 Å². The van der Waals surface area contributed by atoms with Gasteiger partial charge in [0.25, 0.3) is 4.74 Å². The minimum absolute atomic E-state index is 0.0686. The molecule has 5 nitrogen and oxygen atoms in total. The van der Waals surface area contributed by atoms with E-state index in [1.54, 1.807) is 0 Å². The molecule has 1 saturated heterocycles. The molecule has 0 aliphatic carbocycles. The predicted octanol–water partition coefficient (Wildman–Crippen LogP) is 4.73. The molecule has 0 unspecified atom stereocenters. The lowest BCUT2D eigenvalue weighted by Crippen LogP contribution is -2.46. The Morgan fingerprint density at radius 3 is 2.48 bits per heavy atom. The van der Waals surface area contributed by atoms with Gasteiger partial charge in [-0.3, -0.25) is 9.69 Å². The first-order valence-electron chi connectivity index (χ1n) is 11.2.